The summed E-state index contributed by atoms with van der Waals surface area (Å²) in [6.45, 7) is 0.624. The van der Waals surface area contributed by atoms with Crippen LogP contribution in [0.2, 0.25) is 5.22 Å². The second-order valence-electron chi connectivity index (χ2n) is 3.83. The topological polar surface area (TPSA) is 39.4 Å². The van der Waals surface area contributed by atoms with E-state index in [1.807, 2.05) is 12.1 Å². The summed E-state index contributed by atoms with van der Waals surface area (Å²) < 4.78 is 10.6. The lowest BCUT2D eigenvalue weighted by molar-refractivity contribution is 0.101. The van der Waals surface area contributed by atoms with Crippen LogP contribution in [-0.4, -0.2) is 12.4 Å². The van der Waals surface area contributed by atoms with Crippen molar-refractivity contribution >= 4 is 17.4 Å². The van der Waals surface area contributed by atoms with Gasteiger partial charge in [-0.05, 0) is 35.4 Å². The molecule has 0 bridgehead atoms. The third-order valence-electron chi connectivity index (χ3n) is 2.76. The molecule has 0 unspecified atom stereocenters. The molecule has 0 fully saturated rings. The Kier molecular flexibility index (Phi) is 2.41. The number of furan rings is 1. The first kappa shape index (κ1) is 10.4. The monoisotopic (exact) mass is 248 g/mol. The van der Waals surface area contributed by atoms with Gasteiger partial charge in [-0.2, -0.15) is 0 Å². The molecular weight excluding hydrogens is 240 g/mol. The summed E-state index contributed by atoms with van der Waals surface area (Å²) >= 11 is 5.66. The van der Waals surface area contributed by atoms with Crippen molar-refractivity contribution in [2.45, 2.75) is 6.42 Å². The maximum absolute atomic E-state index is 12.2. The maximum atomic E-state index is 12.2. The molecule has 86 valence electrons. The molecular formula is C13H9ClO3. The van der Waals surface area contributed by atoms with Gasteiger partial charge in [0.2, 0.25) is 5.78 Å². The summed E-state index contributed by atoms with van der Waals surface area (Å²) in [5.74, 6) is 0.708. The van der Waals surface area contributed by atoms with E-state index < -0.39 is 0 Å². The first-order valence-electron chi connectivity index (χ1n) is 5.30. The highest BCUT2D eigenvalue weighted by molar-refractivity contribution is 6.29. The number of benzene rings is 1. The summed E-state index contributed by atoms with van der Waals surface area (Å²) in [5.41, 5.74) is 1.60. The minimum absolute atomic E-state index is 0.198. The van der Waals surface area contributed by atoms with E-state index in [2.05, 4.69) is 0 Å². The van der Waals surface area contributed by atoms with Crippen LogP contribution in [0, 0.1) is 0 Å². The quantitative estimate of drug-likeness (QED) is 0.767. The van der Waals surface area contributed by atoms with Crippen LogP contribution < -0.4 is 4.74 Å². The molecule has 2 heterocycles. The first-order chi connectivity index (χ1) is 8.25. The fraction of sp³-hybridized carbons (Fsp3) is 0.154. The van der Waals surface area contributed by atoms with Crippen molar-refractivity contribution in [1.82, 2.24) is 0 Å². The predicted molar refractivity (Wildman–Crippen MR) is 62.8 cm³/mol. The molecule has 1 aromatic heterocycles. The van der Waals surface area contributed by atoms with Crippen molar-refractivity contribution in [3.63, 3.8) is 0 Å². The maximum Gasteiger partial charge on any atom is 0.231 e. The Balaban J connectivity index is 2.05. The molecule has 0 saturated heterocycles. The number of hydrogen-bond donors (Lipinski definition) is 0. The summed E-state index contributed by atoms with van der Waals surface area (Å²) in [7, 11) is 0. The van der Waals surface area contributed by atoms with Gasteiger partial charge in [0.05, 0.1) is 12.2 Å². The third kappa shape index (κ3) is 1.72. The second-order valence-corrected chi connectivity index (χ2v) is 4.20. The van der Waals surface area contributed by atoms with Crippen molar-refractivity contribution in [3.05, 3.63) is 52.4 Å². The number of hydrogen-bond acceptors (Lipinski definition) is 3. The van der Waals surface area contributed by atoms with Crippen LogP contribution in [0.5, 0.6) is 5.75 Å². The number of fused-ring (bicyclic) bond motifs is 1. The molecule has 3 nitrogen and oxygen atoms in total. The van der Waals surface area contributed by atoms with E-state index in [1.165, 1.54) is 0 Å². The van der Waals surface area contributed by atoms with Crippen LogP contribution in [0.1, 0.15) is 21.7 Å². The molecule has 0 aliphatic carbocycles. The van der Waals surface area contributed by atoms with Gasteiger partial charge in [0, 0.05) is 6.42 Å². The molecule has 17 heavy (non-hydrogen) atoms. The molecule has 0 amide bonds. The van der Waals surface area contributed by atoms with Crippen LogP contribution in [0.15, 0.2) is 34.7 Å². The largest absolute Gasteiger partial charge is 0.492 e. The van der Waals surface area contributed by atoms with E-state index in [9.17, 15) is 4.79 Å². The zero-order valence-corrected chi connectivity index (χ0v) is 9.66. The van der Waals surface area contributed by atoms with E-state index in [4.69, 9.17) is 20.8 Å². The second kappa shape index (κ2) is 3.93. The highest BCUT2D eigenvalue weighted by Crippen LogP contribution is 2.31. The number of carbonyl (C=O) groups is 1. The number of halogens is 1. The van der Waals surface area contributed by atoms with E-state index >= 15 is 0 Å². The highest BCUT2D eigenvalue weighted by atomic mass is 35.5. The Hall–Kier alpha value is -1.74. The van der Waals surface area contributed by atoms with Crippen molar-refractivity contribution in [3.8, 4) is 5.75 Å². The Morgan fingerprint density at radius 2 is 2.12 bits per heavy atom. The Morgan fingerprint density at radius 3 is 2.88 bits per heavy atom. The standard InChI is InChI=1S/C13H9ClO3/c14-11-5-4-10(17-11)12(15)9-3-1-2-8-6-7-16-13(8)9/h1-5H,6-7H2. The Labute approximate surface area is 103 Å². The highest BCUT2D eigenvalue weighted by Gasteiger charge is 2.23. The minimum atomic E-state index is -0.198. The van der Waals surface area contributed by atoms with Crippen LogP contribution in [-0.2, 0) is 6.42 Å². The van der Waals surface area contributed by atoms with Crippen molar-refractivity contribution in [1.29, 1.82) is 0 Å². The molecule has 0 spiro atoms. The summed E-state index contributed by atoms with van der Waals surface area (Å²) in [6.07, 6.45) is 0.843. The van der Waals surface area contributed by atoms with Gasteiger partial charge < -0.3 is 9.15 Å². The first-order valence-corrected chi connectivity index (χ1v) is 5.68. The van der Waals surface area contributed by atoms with Gasteiger partial charge >= 0.3 is 0 Å². The summed E-state index contributed by atoms with van der Waals surface area (Å²) in [4.78, 5) is 12.2. The Bertz CT molecular complexity index is 586. The minimum Gasteiger partial charge on any atom is -0.492 e. The van der Waals surface area contributed by atoms with Gasteiger partial charge in [0.25, 0.3) is 0 Å². The van der Waals surface area contributed by atoms with E-state index in [-0.39, 0.29) is 16.8 Å². The molecule has 0 radical (unpaired) electrons. The molecule has 0 atom stereocenters. The van der Waals surface area contributed by atoms with Crippen molar-refractivity contribution in [2.75, 3.05) is 6.61 Å². The number of rotatable bonds is 2. The smallest absolute Gasteiger partial charge is 0.231 e. The fourth-order valence-electron chi connectivity index (χ4n) is 1.96. The molecule has 0 saturated carbocycles. The molecule has 3 rings (SSSR count). The molecule has 4 heteroatoms. The zero-order chi connectivity index (χ0) is 11.8. The van der Waals surface area contributed by atoms with E-state index in [0.717, 1.165) is 12.0 Å². The number of carbonyl (C=O) groups excluding carboxylic acids is 1. The van der Waals surface area contributed by atoms with Gasteiger partial charge in [0.15, 0.2) is 11.0 Å². The lowest BCUT2D eigenvalue weighted by atomic mass is 10.0. The molecule has 0 N–H and O–H groups in total. The fourth-order valence-corrected chi connectivity index (χ4v) is 2.11. The number of para-hydroxylation sites is 1. The normalized spacial score (nSPS) is 13.2. The van der Waals surface area contributed by atoms with E-state index in [1.54, 1.807) is 18.2 Å². The molecule has 2 aromatic rings. The molecule has 1 aliphatic heterocycles. The SMILES string of the molecule is O=C(c1ccc(Cl)o1)c1cccc2c1OCC2. The lowest BCUT2D eigenvalue weighted by Crippen LogP contribution is -2.02. The molecule has 1 aromatic carbocycles. The Morgan fingerprint density at radius 1 is 1.24 bits per heavy atom. The van der Waals surface area contributed by atoms with Crippen LogP contribution in [0.3, 0.4) is 0 Å². The van der Waals surface area contributed by atoms with Gasteiger partial charge in [-0.1, -0.05) is 12.1 Å². The number of ketones is 1. The van der Waals surface area contributed by atoms with Gasteiger partial charge in [-0.25, -0.2) is 0 Å². The summed E-state index contributed by atoms with van der Waals surface area (Å²) in [5, 5.41) is 0.210. The van der Waals surface area contributed by atoms with Crippen molar-refractivity contribution < 1.29 is 13.9 Å². The average molecular weight is 249 g/mol. The summed E-state index contributed by atoms with van der Waals surface area (Å²) in [6, 6.07) is 8.68. The third-order valence-corrected chi connectivity index (χ3v) is 2.96. The number of ether oxygens (including phenoxy) is 1. The van der Waals surface area contributed by atoms with Crippen LogP contribution >= 0.6 is 11.6 Å². The zero-order valence-electron chi connectivity index (χ0n) is 8.90. The van der Waals surface area contributed by atoms with E-state index in [0.29, 0.717) is 17.9 Å². The lowest BCUT2D eigenvalue weighted by Gasteiger charge is -2.04. The predicted octanol–water partition coefficient (Wildman–Crippen LogP) is 3.10. The molecule has 1 aliphatic rings. The average Bonchev–Trinajstić information content (AvgIpc) is 2.95. The van der Waals surface area contributed by atoms with Crippen LogP contribution in [0.25, 0.3) is 0 Å². The van der Waals surface area contributed by atoms with Crippen LogP contribution in [0.4, 0.5) is 0 Å². The van der Waals surface area contributed by atoms with Crippen molar-refractivity contribution in [2.24, 2.45) is 0 Å². The van der Waals surface area contributed by atoms with Gasteiger partial charge in [-0.15, -0.1) is 0 Å². The van der Waals surface area contributed by atoms with Gasteiger partial charge in [0.1, 0.15) is 5.75 Å². The van der Waals surface area contributed by atoms with Gasteiger partial charge in [-0.3, -0.25) is 4.79 Å².